The first kappa shape index (κ1) is 13.3. The van der Waals surface area contributed by atoms with Gasteiger partial charge >= 0.3 is 0 Å². The van der Waals surface area contributed by atoms with Gasteiger partial charge in [-0.3, -0.25) is 0 Å². The average Bonchev–Trinajstić information content (AvgIpc) is 2.40. The Kier molecular flexibility index (Phi) is 4.35. The Bertz CT molecular complexity index is 532. The lowest BCUT2D eigenvalue weighted by molar-refractivity contribution is -0.512. The lowest BCUT2D eigenvalue weighted by atomic mass is 9.96. The molecule has 0 aliphatic heterocycles. The van der Waals surface area contributed by atoms with Crippen molar-refractivity contribution in [1.82, 2.24) is 0 Å². The van der Waals surface area contributed by atoms with Gasteiger partial charge in [0.15, 0.2) is 12.3 Å². The van der Waals surface area contributed by atoms with E-state index in [0.29, 0.717) is 0 Å². The molecule has 0 heterocycles. The maximum absolute atomic E-state index is 12.4. The van der Waals surface area contributed by atoms with Crippen LogP contribution in [0.3, 0.4) is 0 Å². The molecule has 0 bridgehead atoms. The van der Waals surface area contributed by atoms with Crippen molar-refractivity contribution in [1.29, 1.82) is 0 Å². The van der Waals surface area contributed by atoms with E-state index < -0.39 is 0 Å². The van der Waals surface area contributed by atoms with Gasteiger partial charge in [-0.15, -0.1) is 0 Å². The Morgan fingerprint density at radius 3 is 1.95 bits per heavy atom. The largest absolute Gasteiger partial charge is 0.623 e. The zero-order valence-electron chi connectivity index (χ0n) is 11.4. The summed E-state index contributed by atoms with van der Waals surface area (Å²) in [4.78, 5) is 0. The van der Waals surface area contributed by atoms with Gasteiger partial charge in [-0.25, -0.2) is 4.74 Å². The Hall–Kier alpha value is -2.09. The third-order valence-electron chi connectivity index (χ3n) is 3.12. The highest BCUT2D eigenvalue weighted by Gasteiger charge is 2.22. The predicted molar refractivity (Wildman–Crippen MR) is 79.3 cm³/mol. The van der Waals surface area contributed by atoms with Crippen molar-refractivity contribution in [2.75, 3.05) is 0 Å². The van der Waals surface area contributed by atoms with Crippen molar-refractivity contribution in [3.05, 3.63) is 77.0 Å². The third kappa shape index (κ3) is 3.44. The van der Waals surface area contributed by atoms with E-state index in [9.17, 15) is 5.21 Å². The van der Waals surface area contributed by atoms with Crippen LogP contribution in [-0.4, -0.2) is 11.0 Å². The average molecular weight is 253 g/mol. The summed E-state index contributed by atoms with van der Waals surface area (Å²) < 4.78 is 1.06. The molecule has 2 nitrogen and oxygen atoms in total. The first-order valence-electron chi connectivity index (χ1n) is 6.59. The second-order valence-electron chi connectivity index (χ2n) is 5.00. The summed E-state index contributed by atoms with van der Waals surface area (Å²) in [5.74, 6) is 0.250. The molecule has 0 unspecified atom stereocenters. The molecule has 2 aromatic rings. The maximum Gasteiger partial charge on any atom is 0.190 e. The monoisotopic (exact) mass is 253 g/mol. The topological polar surface area (TPSA) is 26.1 Å². The Balaban J connectivity index is 2.33. The highest BCUT2D eigenvalue weighted by molar-refractivity contribution is 5.75. The minimum atomic E-state index is -0.151. The molecule has 98 valence electrons. The van der Waals surface area contributed by atoms with E-state index in [2.05, 4.69) is 13.8 Å². The lowest BCUT2D eigenvalue weighted by Gasteiger charge is -2.20. The minimum absolute atomic E-state index is 0.151. The van der Waals surface area contributed by atoms with Crippen molar-refractivity contribution in [2.45, 2.75) is 19.9 Å². The summed E-state index contributed by atoms with van der Waals surface area (Å²) in [5.41, 5.74) is 1.98. The third-order valence-corrected chi connectivity index (χ3v) is 3.12. The zero-order valence-corrected chi connectivity index (χ0v) is 11.4. The van der Waals surface area contributed by atoms with Gasteiger partial charge in [-0.1, -0.05) is 62.4 Å². The Morgan fingerprint density at radius 2 is 1.42 bits per heavy atom. The molecular weight excluding hydrogens is 234 g/mol. The fourth-order valence-corrected chi connectivity index (χ4v) is 2.24. The fraction of sp³-hybridized carbons (Fsp3) is 0.235. The molecule has 2 heteroatoms. The summed E-state index contributed by atoms with van der Waals surface area (Å²) >= 11 is 0. The smallest absolute Gasteiger partial charge is 0.190 e. The van der Waals surface area contributed by atoms with Crippen LogP contribution in [0.2, 0.25) is 0 Å². The summed E-state index contributed by atoms with van der Waals surface area (Å²) in [6.07, 6.45) is 1.66. The van der Waals surface area contributed by atoms with Crippen LogP contribution in [0.5, 0.6) is 0 Å². The number of hydrogen-bond acceptors (Lipinski definition) is 1. The molecule has 0 radical (unpaired) electrons. The van der Waals surface area contributed by atoms with Crippen molar-refractivity contribution < 1.29 is 4.74 Å². The van der Waals surface area contributed by atoms with Gasteiger partial charge < -0.3 is 5.21 Å². The van der Waals surface area contributed by atoms with Crippen LogP contribution in [0, 0.1) is 11.1 Å². The summed E-state index contributed by atoms with van der Waals surface area (Å²) in [5, 5.41) is 12.4. The van der Waals surface area contributed by atoms with Gasteiger partial charge in [0.25, 0.3) is 0 Å². The highest BCUT2D eigenvalue weighted by Crippen LogP contribution is 2.24. The van der Waals surface area contributed by atoms with Gasteiger partial charge in [-0.05, 0) is 12.1 Å². The van der Waals surface area contributed by atoms with Crippen LogP contribution in [0.1, 0.15) is 31.0 Å². The van der Waals surface area contributed by atoms with Crippen molar-refractivity contribution in [3.8, 4) is 0 Å². The SMILES string of the molecule is CC(C)[C@@H](c1ccccc1)/[N+]([O-])=C/c1ccccc1. The molecule has 0 N–H and O–H groups in total. The van der Waals surface area contributed by atoms with Gasteiger partial charge in [0.2, 0.25) is 0 Å². The molecule has 0 amide bonds. The van der Waals surface area contributed by atoms with E-state index in [1.807, 2.05) is 60.7 Å². The first-order chi connectivity index (χ1) is 9.18. The minimum Gasteiger partial charge on any atom is -0.623 e. The standard InChI is InChI=1S/C17H19NO/c1-14(2)17(16-11-7-4-8-12-16)18(19)13-15-9-5-3-6-10-15/h3-14,17H,1-2H3/b18-13-/t17-/m0/s1. The molecule has 0 spiro atoms. The van der Waals surface area contributed by atoms with E-state index in [0.717, 1.165) is 15.9 Å². The lowest BCUT2D eigenvalue weighted by Crippen LogP contribution is -2.20. The van der Waals surface area contributed by atoms with E-state index in [-0.39, 0.29) is 12.0 Å². The van der Waals surface area contributed by atoms with Crippen LogP contribution in [0.15, 0.2) is 60.7 Å². The molecule has 0 saturated carbocycles. The second kappa shape index (κ2) is 6.19. The van der Waals surface area contributed by atoms with Crippen molar-refractivity contribution in [2.24, 2.45) is 5.92 Å². The molecule has 0 fully saturated rings. The maximum atomic E-state index is 12.4. The Morgan fingerprint density at radius 1 is 0.895 bits per heavy atom. The number of benzene rings is 2. The molecule has 0 saturated heterocycles. The summed E-state index contributed by atoms with van der Waals surface area (Å²) in [7, 11) is 0. The van der Waals surface area contributed by atoms with E-state index >= 15 is 0 Å². The van der Waals surface area contributed by atoms with Gasteiger partial charge in [0, 0.05) is 17.0 Å². The predicted octanol–water partition coefficient (Wildman–Crippen LogP) is 4.01. The van der Waals surface area contributed by atoms with Crippen LogP contribution >= 0.6 is 0 Å². The Labute approximate surface area is 114 Å². The quantitative estimate of drug-likeness (QED) is 0.350. The first-order valence-corrected chi connectivity index (χ1v) is 6.59. The van der Waals surface area contributed by atoms with Gasteiger partial charge in [-0.2, -0.15) is 0 Å². The number of hydrogen-bond donors (Lipinski definition) is 0. The number of hydroxylamine groups is 1. The normalized spacial score (nSPS) is 13.5. The van der Waals surface area contributed by atoms with E-state index in [1.165, 1.54) is 0 Å². The highest BCUT2D eigenvalue weighted by atomic mass is 16.5. The van der Waals surface area contributed by atoms with Crippen molar-refractivity contribution in [3.63, 3.8) is 0 Å². The fourth-order valence-electron chi connectivity index (χ4n) is 2.24. The summed E-state index contributed by atoms with van der Waals surface area (Å²) in [6.45, 7) is 4.14. The van der Waals surface area contributed by atoms with Crippen LogP contribution in [0.25, 0.3) is 0 Å². The molecule has 0 aliphatic carbocycles. The van der Waals surface area contributed by atoms with Crippen LogP contribution < -0.4 is 0 Å². The number of nitrogens with zero attached hydrogens (tertiary/aromatic N) is 1. The zero-order chi connectivity index (χ0) is 13.7. The van der Waals surface area contributed by atoms with Crippen LogP contribution in [0.4, 0.5) is 0 Å². The van der Waals surface area contributed by atoms with Crippen LogP contribution in [-0.2, 0) is 0 Å². The molecule has 0 aliphatic rings. The van der Waals surface area contributed by atoms with Crippen molar-refractivity contribution >= 4 is 6.21 Å². The molecule has 1 atom stereocenters. The molecule has 2 rings (SSSR count). The van der Waals surface area contributed by atoms with Gasteiger partial charge in [0.05, 0.1) is 0 Å². The molecular formula is C17H19NO. The molecule has 2 aromatic carbocycles. The second-order valence-corrected chi connectivity index (χ2v) is 5.00. The van der Waals surface area contributed by atoms with Gasteiger partial charge in [0.1, 0.15) is 0 Å². The molecule has 0 aromatic heterocycles. The molecule has 19 heavy (non-hydrogen) atoms. The van der Waals surface area contributed by atoms with E-state index in [4.69, 9.17) is 0 Å². The van der Waals surface area contributed by atoms with E-state index in [1.54, 1.807) is 6.21 Å². The summed E-state index contributed by atoms with van der Waals surface area (Å²) in [6, 6.07) is 19.5. The number of rotatable bonds is 4.